The highest BCUT2D eigenvalue weighted by atomic mass is 16.6. The van der Waals surface area contributed by atoms with Gasteiger partial charge in [0.25, 0.3) is 5.91 Å². The molecular formula is C37H31NO5. The standard InChI is InChI=1S/C37H31NO5/c1-36(2,3)43-35(41)38-31-22-14-13-21-30(31)37(34(38)40,27-19-11-6-12-20-27)24-32-28(25-15-7-4-8-16-25)23-29(33(39)42-32)26-17-9-5-10-18-26/h4-23H,24H2,1-3H3. The third kappa shape index (κ3) is 5.06. The molecule has 0 aliphatic carbocycles. The second kappa shape index (κ2) is 10.9. The first-order valence-electron chi connectivity index (χ1n) is 14.2. The summed E-state index contributed by atoms with van der Waals surface area (Å²) in [6, 6.07) is 37.4. The smallest absolute Gasteiger partial charge is 0.421 e. The Kier molecular flexibility index (Phi) is 7.06. The molecule has 1 unspecified atom stereocenters. The SMILES string of the molecule is CC(C)(C)OC(=O)N1C(=O)C(Cc2oc(=O)c(-c3ccccc3)cc2-c2ccccc2)(c2ccccc2)c2ccccc21. The first kappa shape index (κ1) is 27.9. The van der Waals surface area contributed by atoms with Crippen LogP contribution in [-0.2, 0) is 21.4 Å². The number of fused-ring (bicyclic) bond motifs is 1. The van der Waals surface area contributed by atoms with Crippen LogP contribution in [0.1, 0.15) is 37.7 Å². The van der Waals surface area contributed by atoms with E-state index in [9.17, 15) is 14.4 Å². The van der Waals surface area contributed by atoms with Crippen LogP contribution in [-0.4, -0.2) is 17.6 Å². The Morgan fingerprint density at radius 2 is 1.28 bits per heavy atom. The maximum Gasteiger partial charge on any atom is 0.421 e. The third-order valence-electron chi connectivity index (χ3n) is 7.64. The van der Waals surface area contributed by atoms with Crippen LogP contribution in [0.15, 0.2) is 131 Å². The number of imide groups is 1. The number of hydrogen-bond donors (Lipinski definition) is 0. The summed E-state index contributed by atoms with van der Waals surface area (Å²) in [5.41, 5.74) is 1.73. The van der Waals surface area contributed by atoms with Crippen molar-refractivity contribution in [1.29, 1.82) is 0 Å². The van der Waals surface area contributed by atoms with Crippen molar-refractivity contribution in [2.45, 2.75) is 38.2 Å². The summed E-state index contributed by atoms with van der Waals surface area (Å²) >= 11 is 0. The predicted molar refractivity (Wildman–Crippen MR) is 167 cm³/mol. The highest BCUT2D eigenvalue weighted by Crippen LogP contribution is 2.49. The molecule has 2 heterocycles. The molecule has 1 aliphatic heterocycles. The average Bonchev–Trinajstić information content (AvgIpc) is 3.26. The van der Waals surface area contributed by atoms with E-state index < -0.39 is 28.6 Å². The molecule has 1 aromatic heterocycles. The number of ether oxygens (including phenoxy) is 1. The highest BCUT2D eigenvalue weighted by Gasteiger charge is 2.55. The van der Waals surface area contributed by atoms with Gasteiger partial charge in [0.1, 0.15) is 16.8 Å². The van der Waals surface area contributed by atoms with Crippen LogP contribution in [0.5, 0.6) is 0 Å². The van der Waals surface area contributed by atoms with Crippen molar-refractivity contribution in [3.63, 3.8) is 0 Å². The van der Waals surface area contributed by atoms with E-state index in [1.54, 1.807) is 32.9 Å². The molecule has 0 saturated heterocycles. The van der Waals surface area contributed by atoms with Gasteiger partial charge in [0, 0.05) is 12.0 Å². The Morgan fingerprint density at radius 1 is 0.744 bits per heavy atom. The molecule has 1 aliphatic rings. The Balaban J connectivity index is 1.59. The summed E-state index contributed by atoms with van der Waals surface area (Å²) in [5.74, 6) is -0.128. The number of amides is 2. The van der Waals surface area contributed by atoms with Crippen molar-refractivity contribution in [2.24, 2.45) is 0 Å². The maximum atomic E-state index is 14.7. The molecule has 0 spiro atoms. The lowest BCUT2D eigenvalue weighted by atomic mass is 9.71. The molecule has 214 valence electrons. The monoisotopic (exact) mass is 569 g/mol. The molecule has 43 heavy (non-hydrogen) atoms. The molecule has 5 aromatic rings. The van der Waals surface area contributed by atoms with Gasteiger partial charge in [-0.05, 0) is 55.2 Å². The summed E-state index contributed by atoms with van der Waals surface area (Å²) in [6.45, 7) is 5.28. The van der Waals surface area contributed by atoms with Crippen LogP contribution < -0.4 is 10.5 Å². The van der Waals surface area contributed by atoms with E-state index in [-0.39, 0.29) is 6.42 Å². The average molecular weight is 570 g/mol. The fraction of sp³-hybridized carbons (Fsp3) is 0.162. The van der Waals surface area contributed by atoms with Crippen molar-refractivity contribution < 1.29 is 18.7 Å². The summed E-state index contributed by atoms with van der Waals surface area (Å²) in [4.78, 5) is 43.0. The van der Waals surface area contributed by atoms with Gasteiger partial charge in [-0.15, -0.1) is 0 Å². The number of anilines is 1. The number of para-hydroxylation sites is 1. The molecule has 6 heteroatoms. The molecule has 1 atom stereocenters. The lowest BCUT2D eigenvalue weighted by Crippen LogP contribution is -2.47. The van der Waals surface area contributed by atoms with Crippen LogP contribution in [0, 0.1) is 0 Å². The van der Waals surface area contributed by atoms with Crippen molar-refractivity contribution in [3.8, 4) is 22.3 Å². The Hall–Kier alpha value is -5.23. The zero-order chi connectivity index (χ0) is 30.2. The number of benzene rings is 4. The summed E-state index contributed by atoms with van der Waals surface area (Å²) in [6.07, 6.45) is -0.757. The second-order valence-electron chi connectivity index (χ2n) is 11.6. The van der Waals surface area contributed by atoms with Crippen molar-refractivity contribution >= 4 is 17.7 Å². The fourth-order valence-corrected chi connectivity index (χ4v) is 5.77. The third-order valence-corrected chi connectivity index (χ3v) is 7.64. The van der Waals surface area contributed by atoms with Crippen LogP contribution in [0.2, 0.25) is 0 Å². The van der Waals surface area contributed by atoms with Gasteiger partial charge in [-0.25, -0.2) is 14.5 Å². The first-order valence-corrected chi connectivity index (χ1v) is 14.2. The summed E-state index contributed by atoms with van der Waals surface area (Å²) < 4.78 is 11.9. The molecule has 0 bridgehead atoms. The van der Waals surface area contributed by atoms with Gasteiger partial charge < -0.3 is 9.15 Å². The van der Waals surface area contributed by atoms with E-state index in [0.717, 1.165) is 16.0 Å². The first-order chi connectivity index (χ1) is 20.7. The highest BCUT2D eigenvalue weighted by molar-refractivity contribution is 6.22. The molecule has 0 radical (unpaired) electrons. The van der Waals surface area contributed by atoms with Crippen molar-refractivity contribution in [3.05, 3.63) is 149 Å². The lowest BCUT2D eigenvalue weighted by molar-refractivity contribution is -0.121. The summed E-state index contributed by atoms with van der Waals surface area (Å²) in [5, 5.41) is 0. The van der Waals surface area contributed by atoms with Crippen LogP contribution in [0.4, 0.5) is 10.5 Å². The van der Waals surface area contributed by atoms with E-state index in [4.69, 9.17) is 9.15 Å². The van der Waals surface area contributed by atoms with Gasteiger partial charge in [0.15, 0.2) is 0 Å². The van der Waals surface area contributed by atoms with Crippen LogP contribution in [0.25, 0.3) is 22.3 Å². The normalized spacial score (nSPS) is 16.2. The molecule has 6 rings (SSSR count). The van der Waals surface area contributed by atoms with E-state index in [1.165, 1.54) is 0 Å². The molecule has 4 aromatic carbocycles. The number of hydrogen-bond acceptors (Lipinski definition) is 5. The molecule has 2 amide bonds. The zero-order valence-corrected chi connectivity index (χ0v) is 24.2. The minimum absolute atomic E-state index is 0.000690. The van der Waals surface area contributed by atoms with Gasteiger partial charge >= 0.3 is 11.7 Å². The van der Waals surface area contributed by atoms with E-state index in [1.807, 2.05) is 109 Å². The minimum atomic E-state index is -1.37. The lowest BCUT2D eigenvalue weighted by Gasteiger charge is -2.30. The van der Waals surface area contributed by atoms with E-state index in [0.29, 0.717) is 33.7 Å². The van der Waals surface area contributed by atoms with Crippen LogP contribution in [0.3, 0.4) is 0 Å². The number of carbonyl (C=O) groups is 2. The Morgan fingerprint density at radius 3 is 1.88 bits per heavy atom. The fourth-order valence-electron chi connectivity index (χ4n) is 5.77. The quantitative estimate of drug-likeness (QED) is 0.216. The number of carbonyl (C=O) groups excluding carboxylic acids is 2. The number of nitrogens with zero attached hydrogens (tertiary/aromatic N) is 1. The van der Waals surface area contributed by atoms with E-state index in [2.05, 4.69) is 0 Å². The zero-order valence-electron chi connectivity index (χ0n) is 24.2. The molecule has 6 nitrogen and oxygen atoms in total. The largest absolute Gasteiger partial charge is 0.443 e. The predicted octanol–water partition coefficient (Wildman–Crippen LogP) is 7.78. The molecule has 0 saturated carbocycles. The van der Waals surface area contributed by atoms with Crippen molar-refractivity contribution in [1.82, 2.24) is 0 Å². The van der Waals surface area contributed by atoms with Gasteiger partial charge in [-0.1, -0.05) is 109 Å². The van der Waals surface area contributed by atoms with Crippen molar-refractivity contribution in [2.75, 3.05) is 4.90 Å². The van der Waals surface area contributed by atoms with Gasteiger partial charge in [0.05, 0.1) is 11.3 Å². The topological polar surface area (TPSA) is 76.8 Å². The van der Waals surface area contributed by atoms with Gasteiger partial charge in [0.2, 0.25) is 0 Å². The molecule has 0 fully saturated rings. The minimum Gasteiger partial charge on any atom is -0.443 e. The Bertz CT molecular complexity index is 1860. The Labute approximate surface area is 250 Å². The second-order valence-corrected chi connectivity index (χ2v) is 11.6. The van der Waals surface area contributed by atoms with E-state index >= 15 is 0 Å². The number of rotatable bonds is 5. The van der Waals surface area contributed by atoms with Gasteiger partial charge in [-0.3, -0.25) is 4.79 Å². The molecule has 0 N–H and O–H groups in total. The van der Waals surface area contributed by atoms with Crippen LogP contribution >= 0.6 is 0 Å². The van der Waals surface area contributed by atoms with Gasteiger partial charge in [-0.2, -0.15) is 0 Å². The maximum absolute atomic E-state index is 14.7. The summed E-state index contributed by atoms with van der Waals surface area (Å²) in [7, 11) is 0. The molecular weight excluding hydrogens is 538 g/mol.